The van der Waals surface area contributed by atoms with E-state index in [9.17, 15) is 4.79 Å². The number of carbonyl (C=O) groups is 1. The molecule has 0 radical (unpaired) electrons. The van der Waals surface area contributed by atoms with Crippen molar-refractivity contribution in [2.45, 2.75) is 0 Å². The van der Waals surface area contributed by atoms with Gasteiger partial charge >= 0.3 is 0 Å². The lowest BCUT2D eigenvalue weighted by molar-refractivity contribution is -0.123. The molecule has 36 heavy (non-hydrogen) atoms. The van der Waals surface area contributed by atoms with Gasteiger partial charge in [-0.3, -0.25) is 9.78 Å². The number of aromatic nitrogens is 7. The van der Waals surface area contributed by atoms with Gasteiger partial charge in [-0.1, -0.05) is 6.58 Å². The van der Waals surface area contributed by atoms with Gasteiger partial charge in [0.1, 0.15) is 11.5 Å². The summed E-state index contributed by atoms with van der Waals surface area (Å²) in [4.78, 5) is 35.0. The van der Waals surface area contributed by atoms with Crippen LogP contribution in [-0.2, 0) is 16.6 Å². The molecule has 0 saturated carbocycles. The number of pyridine rings is 1. The minimum absolute atomic E-state index is 0.176. The van der Waals surface area contributed by atoms with Crippen molar-refractivity contribution in [3.8, 4) is 22.9 Å². The topological polar surface area (TPSA) is 107 Å². The van der Waals surface area contributed by atoms with Crippen LogP contribution in [0, 0.1) is 0 Å². The molecule has 1 aliphatic rings. The first-order valence-corrected chi connectivity index (χ1v) is 11.6. The summed E-state index contributed by atoms with van der Waals surface area (Å²) in [5, 5.41) is 4.44. The van der Waals surface area contributed by atoms with Crippen molar-refractivity contribution in [1.82, 2.24) is 39.2 Å². The number of likely N-dealkylation sites (N-methyl/N-ethyl adjacent to an activating group) is 1. The Hall–Kier alpha value is -4.38. The summed E-state index contributed by atoms with van der Waals surface area (Å²) < 4.78 is 9.15. The van der Waals surface area contributed by atoms with Crippen molar-refractivity contribution in [2.75, 3.05) is 45.3 Å². The largest absolute Gasteiger partial charge is 0.378 e. The summed E-state index contributed by atoms with van der Waals surface area (Å²) in [5.74, 6) is 1.79. The van der Waals surface area contributed by atoms with Gasteiger partial charge in [-0.25, -0.2) is 19.6 Å². The fourth-order valence-corrected chi connectivity index (χ4v) is 4.06. The van der Waals surface area contributed by atoms with Crippen molar-refractivity contribution in [1.29, 1.82) is 0 Å². The monoisotopic (exact) mass is 485 g/mol. The first kappa shape index (κ1) is 23.4. The Labute approximate surface area is 208 Å². The van der Waals surface area contributed by atoms with Crippen LogP contribution in [0.25, 0.3) is 39.8 Å². The van der Waals surface area contributed by atoms with Crippen LogP contribution in [0.5, 0.6) is 0 Å². The van der Waals surface area contributed by atoms with Gasteiger partial charge < -0.3 is 19.1 Å². The lowest BCUT2D eigenvalue weighted by atomic mass is 10.2. The number of imidazole rings is 1. The van der Waals surface area contributed by atoms with E-state index in [0.29, 0.717) is 54.7 Å². The molecule has 1 aliphatic heterocycles. The summed E-state index contributed by atoms with van der Waals surface area (Å²) in [6.45, 7) is 6.49. The molecule has 0 spiro atoms. The van der Waals surface area contributed by atoms with Gasteiger partial charge in [-0.05, 0) is 24.3 Å². The Morgan fingerprint density at radius 2 is 1.83 bits per heavy atom. The molecule has 0 atom stereocenters. The van der Waals surface area contributed by atoms with E-state index in [-0.39, 0.29) is 5.91 Å². The van der Waals surface area contributed by atoms with Crippen LogP contribution in [0.3, 0.4) is 0 Å². The summed E-state index contributed by atoms with van der Waals surface area (Å²) >= 11 is 0. The second kappa shape index (κ2) is 9.70. The highest BCUT2D eigenvalue weighted by atomic mass is 16.5. The van der Waals surface area contributed by atoms with Crippen LogP contribution in [0.4, 0.5) is 5.82 Å². The van der Waals surface area contributed by atoms with Gasteiger partial charge in [-0.15, -0.1) is 0 Å². The number of nitrogens with zero attached hydrogens (tertiary/aromatic N) is 9. The second-order valence-electron chi connectivity index (χ2n) is 8.51. The number of hydrogen-bond donors (Lipinski definition) is 0. The van der Waals surface area contributed by atoms with Crippen molar-refractivity contribution in [3.05, 3.63) is 55.5 Å². The minimum Gasteiger partial charge on any atom is -0.378 e. The Bertz CT molecular complexity index is 1450. The summed E-state index contributed by atoms with van der Waals surface area (Å²) in [7, 11) is 5.32. The molecule has 11 nitrogen and oxygen atoms in total. The molecule has 0 unspecified atom stereocenters. The molecule has 0 aliphatic carbocycles. The van der Waals surface area contributed by atoms with Gasteiger partial charge in [-0.2, -0.15) is 5.10 Å². The molecule has 4 aromatic rings. The van der Waals surface area contributed by atoms with E-state index in [2.05, 4.69) is 21.6 Å². The van der Waals surface area contributed by atoms with Crippen molar-refractivity contribution in [3.63, 3.8) is 0 Å². The Morgan fingerprint density at radius 1 is 1.08 bits per heavy atom. The zero-order valence-electron chi connectivity index (χ0n) is 20.5. The Balaban J connectivity index is 1.70. The highest BCUT2D eigenvalue weighted by Crippen LogP contribution is 2.31. The number of carbonyl (C=O) groups excluding carboxylic acids is 1. The molecule has 1 amide bonds. The lowest BCUT2D eigenvalue weighted by Crippen LogP contribution is -2.37. The smallest absolute Gasteiger partial charge is 0.248 e. The summed E-state index contributed by atoms with van der Waals surface area (Å²) in [6, 6.07) is 5.66. The van der Waals surface area contributed by atoms with Crippen LogP contribution in [-0.4, -0.2) is 85.5 Å². The fraction of sp³-hybridized carbons (Fsp3) is 0.280. The van der Waals surface area contributed by atoms with Gasteiger partial charge in [0.25, 0.3) is 0 Å². The van der Waals surface area contributed by atoms with Crippen LogP contribution >= 0.6 is 0 Å². The zero-order valence-corrected chi connectivity index (χ0v) is 20.5. The number of fused-ring (bicyclic) bond motifs is 1. The standard InChI is InChI=1S/C25H27N9O2/c1-5-18(16-20(35)31(2)3)34-19(8-11-27-34)22-29-24-21(25(30-22)33-12-14-36-15-13-33)28-23(32(24)4)17-6-9-26-10-7-17/h5-11,16H,1,12-15H2,2-4H3/b18-16+. The number of aryl methyl sites for hydroxylation is 1. The van der Waals surface area contributed by atoms with E-state index in [1.54, 1.807) is 43.4 Å². The number of ether oxygens (including phenoxy) is 1. The van der Waals surface area contributed by atoms with E-state index in [0.717, 1.165) is 17.2 Å². The summed E-state index contributed by atoms with van der Waals surface area (Å²) in [5.41, 5.74) is 3.49. The average molecular weight is 486 g/mol. The first-order valence-electron chi connectivity index (χ1n) is 11.6. The number of amides is 1. The Kier molecular flexibility index (Phi) is 6.30. The number of rotatable bonds is 6. The normalized spacial score (nSPS) is 14.3. The summed E-state index contributed by atoms with van der Waals surface area (Å²) in [6.07, 6.45) is 8.21. The number of allylic oxidation sites excluding steroid dienone is 2. The molecule has 5 heterocycles. The minimum atomic E-state index is -0.176. The third-order valence-electron chi connectivity index (χ3n) is 5.99. The van der Waals surface area contributed by atoms with Crippen molar-refractivity contribution < 1.29 is 9.53 Å². The van der Waals surface area contributed by atoms with Crippen molar-refractivity contribution >= 4 is 28.6 Å². The highest BCUT2D eigenvalue weighted by molar-refractivity contribution is 5.94. The van der Waals surface area contributed by atoms with Crippen molar-refractivity contribution in [2.24, 2.45) is 7.05 Å². The van der Waals surface area contributed by atoms with Crippen LogP contribution in [0.1, 0.15) is 0 Å². The lowest BCUT2D eigenvalue weighted by Gasteiger charge is -2.28. The fourth-order valence-electron chi connectivity index (χ4n) is 4.06. The second-order valence-corrected chi connectivity index (χ2v) is 8.51. The molecule has 0 aromatic carbocycles. The van der Waals surface area contributed by atoms with E-state index >= 15 is 0 Å². The zero-order chi connectivity index (χ0) is 25.2. The molecule has 0 N–H and O–H groups in total. The number of anilines is 1. The number of morpholine rings is 1. The highest BCUT2D eigenvalue weighted by Gasteiger charge is 2.24. The van der Waals surface area contributed by atoms with Crippen LogP contribution in [0.15, 0.2) is 55.5 Å². The molecule has 4 aromatic heterocycles. The maximum absolute atomic E-state index is 12.4. The molecule has 184 valence electrons. The molecule has 1 fully saturated rings. The Morgan fingerprint density at radius 3 is 2.53 bits per heavy atom. The predicted molar refractivity (Wildman–Crippen MR) is 137 cm³/mol. The third kappa shape index (κ3) is 4.24. The van der Waals surface area contributed by atoms with E-state index in [1.807, 2.05) is 29.8 Å². The van der Waals surface area contributed by atoms with Crippen LogP contribution < -0.4 is 4.90 Å². The molecule has 0 bridgehead atoms. The van der Waals surface area contributed by atoms with E-state index in [4.69, 9.17) is 19.7 Å². The maximum atomic E-state index is 12.4. The number of hydrogen-bond acceptors (Lipinski definition) is 8. The van der Waals surface area contributed by atoms with E-state index in [1.165, 1.54) is 11.0 Å². The van der Waals surface area contributed by atoms with Gasteiger partial charge in [0.2, 0.25) is 5.91 Å². The molecule has 5 rings (SSSR count). The van der Waals surface area contributed by atoms with Gasteiger partial charge in [0.15, 0.2) is 22.8 Å². The van der Waals surface area contributed by atoms with Crippen LogP contribution in [0.2, 0.25) is 0 Å². The van der Waals surface area contributed by atoms with Gasteiger partial charge in [0.05, 0.1) is 25.1 Å². The SMILES string of the molecule is C=C/C(=C\C(=O)N(C)C)n1nccc1-c1nc(N2CCOCC2)c2nc(-c3ccncc3)n(C)c2n1. The molecule has 11 heteroatoms. The predicted octanol–water partition coefficient (Wildman–Crippen LogP) is 2.24. The molecule has 1 saturated heterocycles. The molecular weight excluding hydrogens is 458 g/mol. The first-order chi connectivity index (χ1) is 17.5. The third-order valence-corrected chi connectivity index (χ3v) is 5.99. The van der Waals surface area contributed by atoms with Gasteiger partial charge in [0, 0.05) is 58.3 Å². The van der Waals surface area contributed by atoms with E-state index < -0.39 is 0 Å². The molecular formula is C25H27N9O2. The maximum Gasteiger partial charge on any atom is 0.248 e. The average Bonchev–Trinajstić information content (AvgIpc) is 3.52. The quantitative estimate of drug-likeness (QED) is 0.302.